The van der Waals surface area contributed by atoms with E-state index in [-0.39, 0.29) is 67.5 Å². The number of amides is 1. The molecule has 8 rings (SSSR count). The second-order valence-corrected chi connectivity index (χ2v) is 19.8. The van der Waals surface area contributed by atoms with E-state index in [0.717, 1.165) is 66.1 Å². The van der Waals surface area contributed by atoms with Crippen molar-refractivity contribution in [1.82, 2.24) is 15.3 Å². The van der Waals surface area contributed by atoms with Gasteiger partial charge in [-0.05, 0) is 114 Å². The maximum absolute atomic E-state index is 13.6. The van der Waals surface area contributed by atoms with Crippen LogP contribution in [0.3, 0.4) is 0 Å². The van der Waals surface area contributed by atoms with Crippen molar-refractivity contribution in [3.8, 4) is 0 Å². The average Bonchev–Trinajstić information content (AvgIpc) is 3.40. The summed E-state index contributed by atoms with van der Waals surface area (Å²) in [6.45, 7) is 9.70. The number of hydrogen-bond donors (Lipinski definition) is 2. The Bertz CT molecular complexity index is 3250. The highest BCUT2D eigenvalue weighted by Crippen LogP contribution is 2.25. The van der Waals surface area contributed by atoms with Crippen LogP contribution in [-0.4, -0.2) is 63.6 Å². The van der Waals surface area contributed by atoms with Crippen LogP contribution >= 0.6 is 23.2 Å². The Morgan fingerprint density at radius 1 is 0.553 bits per heavy atom. The molecule has 0 aliphatic heterocycles. The van der Waals surface area contributed by atoms with Crippen molar-refractivity contribution in [3.63, 3.8) is 0 Å². The van der Waals surface area contributed by atoms with E-state index in [2.05, 4.69) is 15.3 Å². The molecule has 1 amide bonds. The van der Waals surface area contributed by atoms with Crippen LogP contribution < -0.4 is 11.1 Å². The van der Waals surface area contributed by atoms with Crippen LogP contribution in [0, 0.1) is 13.8 Å². The number of Topliss-reactive ketones (excluding diaryl/α,β-unsaturated/α-hetero) is 2. The van der Waals surface area contributed by atoms with Gasteiger partial charge >= 0.3 is 18.0 Å². The van der Waals surface area contributed by atoms with Crippen LogP contribution in [0.4, 0.5) is 4.79 Å². The number of alkyl carbamates (subject to hydrolysis) is 1. The van der Waals surface area contributed by atoms with Gasteiger partial charge in [0.15, 0.2) is 0 Å². The van der Waals surface area contributed by atoms with Gasteiger partial charge in [-0.1, -0.05) is 121 Å². The minimum atomic E-state index is -0.652. The van der Waals surface area contributed by atoms with Gasteiger partial charge in [0.25, 0.3) is 0 Å². The minimum absolute atomic E-state index is 0.0387. The van der Waals surface area contributed by atoms with E-state index in [9.17, 15) is 24.0 Å². The standard InChI is InChI=1S/C33H34N2O5.C28H26N2O3.CH2Cl2/c1-22-7-5-6-8-28(22)31(37)39-21-23-9-12-25(13-10-23)29(20-35-32(38)40-33(2,3)4)30(36)18-24-11-14-27-19-34-16-15-26(27)17-24;1-19-4-2-3-5-25(19)28(32)33-18-20-6-9-22(10-7-20)26(16-29)27(31)15-21-8-11-24-17-30-13-12-23(24)14-21;2-1-3/h5-17,19,29H,18,20-21H2,1-4H3,(H,35,38);2-14,17,26H,15-16,18,29H2,1H3;1H2. The smallest absolute Gasteiger partial charge is 0.407 e. The van der Waals surface area contributed by atoms with E-state index in [4.69, 9.17) is 43.1 Å². The number of benzene rings is 6. The van der Waals surface area contributed by atoms with E-state index in [1.54, 1.807) is 57.6 Å². The highest BCUT2D eigenvalue weighted by molar-refractivity contribution is 6.40. The first-order valence-electron chi connectivity index (χ1n) is 24.7. The number of carbonyl (C=O) groups excluding carboxylic acids is 5. The third-order valence-corrected chi connectivity index (χ3v) is 12.3. The molecule has 3 N–H and O–H groups in total. The van der Waals surface area contributed by atoms with Gasteiger partial charge in [0.1, 0.15) is 30.4 Å². The molecule has 2 atom stereocenters. The predicted octanol–water partition coefficient (Wildman–Crippen LogP) is 12.5. The molecule has 0 radical (unpaired) electrons. The van der Waals surface area contributed by atoms with Crippen molar-refractivity contribution in [1.29, 1.82) is 0 Å². The molecule has 2 aromatic heterocycles. The Morgan fingerprint density at radius 2 is 0.961 bits per heavy atom. The van der Waals surface area contributed by atoms with Crippen molar-refractivity contribution in [2.75, 3.05) is 18.4 Å². The number of nitrogens with two attached hydrogens (primary N) is 1. The lowest BCUT2D eigenvalue weighted by atomic mass is 9.90. The van der Waals surface area contributed by atoms with Gasteiger partial charge < -0.3 is 25.3 Å². The lowest BCUT2D eigenvalue weighted by Gasteiger charge is -2.22. The Morgan fingerprint density at radius 3 is 1.38 bits per heavy atom. The molecular formula is C62H62Cl2N4O8. The Labute approximate surface area is 453 Å². The van der Waals surface area contributed by atoms with Gasteiger partial charge in [0.05, 0.1) is 28.3 Å². The van der Waals surface area contributed by atoms with Gasteiger partial charge in [-0.2, -0.15) is 0 Å². The minimum Gasteiger partial charge on any atom is -0.457 e. The zero-order chi connectivity index (χ0) is 54.6. The summed E-state index contributed by atoms with van der Waals surface area (Å²) in [7, 11) is 0. The van der Waals surface area contributed by atoms with Crippen LogP contribution in [-0.2, 0) is 49.9 Å². The van der Waals surface area contributed by atoms with Crippen molar-refractivity contribution in [2.24, 2.45) is 5.73 Å². The molecule has 0 fully saturated rings. The molecule has 392 valence electrons. The number of carbonyl (C=O) groups is 5. The van der Waals surface area contributed by atoms with Gasteiger partial charge in [-0.15, -0.1) is 23.2 Å². The zero-order valence-corrected chi connectivity index (χ0v) is 44.8. The number of ether oxygens (including phenoxy) is 3. The molecule has 0 saturated heterocycles. The summed E-state index contributed by atoms with van der Waals surface area (Å²) < 4.78 is 16.3. The largest absolute Gasteiger partial charge is 0.457 e. The van der Waals surface area contributed by atoms with Gasteiger partial charge in [0.2, 0.25) is 0 Å². The number of halogens is 2. The quantitative estimate of drug-likeness (QED) is 0.0504. The summed E-state index contributed by atoms with van der Waals surface area (Å²) >= 11 is 9.53. The first-order chi connectivity index (χ1) is 36.5. The van der Waals surface area contributed by atoms with E-state index >= 15 is 0 Å². The molecule has 2 heterocycles. The number of rotatable bonds is 17. The summed E-state index contributed by atoms with van der Waals surface area (Å²) in [5.41, 5.74) is 13.2. The maximum atomic E-state index is 13.6. The molecule has 76 heavy (non-hydrogen) atoms. The fourth-order valence-corrected chi connectivity index (χ4v) is 8.25. The molecule has 12 nitrogen and oxygen atoms in total. The van der Waals surface area contributed by atoms with Crippen molar-refractivity contribution >= 4 is 74.3 Å². The fourth-order valence-electron chi connectivity index (χ4n) is 8.25. The first-order valence-corrected chi connectivity index (χ1v) is 25.8. The third-order valence-electron chi connectivity index (χ3n) is 12.3. The number of esters is 2. The molecule has 0 saturated carbocycles. The van der Waals surface area contributed by atoms with Crippen molar-refractivity contribution in [3.05, 3.63) is 226 Å². The van der Waals surface area contributed by atoms with Crippen LogP contribution in [0.2, 0.25) is 0 Å². The monoisotopic (exact) mass is 1060 g/mol. The lowest BCUT2D eigenvalue weighted by Crippen LogP contribution is -2.36. The predicted molar refractivity (Wildman–Crippen MR) is 300 cm³/mol. The summed E-state index contributed by atoms with van der Waals surface area (Å²) in [5.74, 6) is -1.68. The Kier molecular flexibility index (Phi) is 21.4. The number of pyridine rings is 2. The van der Waals surface area contributed by atoms with E-state index < -0.39 is 17.6 Å². The molecular weight excluding hydrogens is 1000 g/mol. The molecule has 0 aliphatic carbocycles. The van der Waals surface area contributed by atoms with E-state index in [0.29, 0.717) is 17.5 Å². The summed E-state index contributed by atoms with van der Waals surface area (Å²) in [6.07, 6.45) is 7.00. The number of nitrogens with zero attached hydrogens (tertiary/aromatic N) is 2. The molecule has 0 aliphatic rings. The molecule has 14 heteroatoms. The highest BCUT2D eigenvalue weighted by atomic mass is 35.5. The van der Waals surface area contributed by atoms with E-state index in [1.807, 2.05) is 147 Å². The van der Waals surface area contributed by atoms with Gasteiger partial charge in [-0.25, -0.2) is 14.4 Å². The summed E-state index contributed by atoms with van der Waals surface area (Å²) in [4.78, 5) is 72.0. The van der Waals surface area contributed by atoms with Crippen molar-refractivity contribution < 1.29 is 38.2 Å². The number of fused-ring (bicyclic) bond motifs is 2. The number of nitrogens with one attached hydrogen (secondary N) is 1. The van der Waals surface area contributed by atoms with Gasteiger partial charge in [-0.3, -0.25) is 19.6 Å². The van der Waals surface area contributed by atoms with Gasteiger partial charge in [0, 0.05) is 61.5 Å². The number of ketones is 2. The topological polar surface area (TPSA) is 177 Å². The first kappa shape index (κ1) is 57.5. The molecule has 0 spiro atoms. The van der Waals surface area contributed by atoms with Crippen LogP contribution in [0.5, 0.6) is 0 Å². The SMILES string of the molecule is Cc1ccccc1C(=O)OCc1ccc(C(CN)C(=O)Cc2ccc3cnccc3c2)cc1.Cc1ccccc1C(=O)OCc1ccc(C(CNC(=O)OC(C)(C)C)C(=O)Cc2ccc3cnccc3c2)cc1.ClCCl. The van der Waals surface area contributed by atoms with Crippen LogP contribution in [0.1, 0.15) is 97.8 Å². The number of alkyl halides is 2. The summed E-state index contributed by atoms with van der Waals surface area (Å²) in [5, 5.41) is 7.06. The zero-order valence-electron chi connectivity index (χ0n) is 43.3. The summed E-state index contributed by atoms with van der Waals surface area (Å²) in [6, 6.07) is 45.1. The third kappa shape index (κ3) is 17.1. The molecule has 0 bridgehead atoms. The number of hydrogen-bond acceptors (Lipinski definition) is 11. The molecule has 6 aromatic carbocycles. The van der Waals surface area contributed by atoms with Crippen molar-refractivity contribution in [2.45, 2.75) is 78.1 Å². The molecule has 2 unspecified atom stereocenters. The fraction of sp³-hybridized carbons (Fsp3) is 0.242. The normalized spacial score (nSPS) is 11.7. The average molecular weight is 1060 g/mol. The Hall–Kier alpha value is -7.77. The lowest BCUT2D eigenvalue weighted by molar-refractivity contribution is -0.120. The number of aromatic nitrogens is 2. The second-order valence-electron chi connectivity index (χ2n) is 19.0. The van der Waals surface area contributed by atoms with E-state index in [1.165, 1.54) is 0 Å². The molecule has 8 aromatic rings. The second kappa shape index (κ2) is 28.2. The maximum Gasteiger partial charge on any atom is 0.407 e. The van der Waals surface area contributed by atoms with Crippen LogP contribution in [0.15, 0.2) is 170 Å². The Balaban J connectivity index is 0.000000238. The van der Waals surface area contributed by atoms with Crippen LogP contribution in [0.25, 0.3) is 21.5 Å². The highest BCUT2D eigenvalue weighted by Gasteiger charge is 2.25. The number of aryl methyl sites for hydroxylation is 2.